The minimum absolute atomic E-state index is 0.0591. The Hall–Kier alpha value is -3.79. The second-order valence-corrected chi connectivity index (χ2v) is 7.69. The number of anilines is 1. The summed E-state index contributed by atoms with van der Waals surface area (Å²) in [6.07, 6.45) is 2.21. The molecule has 2 aromatic heterocycles. The normalized spacial score (nSPS) is 14.2. The molecule has 0 aliphatic carbocycles. The molecule has 2 amide bonds. The molecule has 1 saturated heterocycles. The van der Waals surface area contributed by atoms with Gasteiger partial charge in [-0.1, -0.05) is 25.1 Å². The number of nitrogens with zero attached hydrogens (tertiary/aromatic N) is 6. The van der Waals surface area contributed by atoms with Gasteiger partial charge in [-0.3, -0.25) is 14.5 Å². The van der Waals surface area contributed by atoms with Gasteiger partial charge in [-0.25, -0.2) is 4.68 Å². The number of aromatic nitrogens is 4. The monoisotopic (exact) mass is 449 g/mol. The molecule has 33 heavy (non-hydrogen) atoms. The van der Waals surface area contributed by atoms with Crippen LogP contribution in [0.4, 0.5) is 5.69 Å². The molecule has 0 spiro atoms. The third-order valence-electron chi connectivity index (χ3n) is 5.57. The summed E-state index contributed by atoms with van der Waals surface area (Å²) < 4.78 is 6.70. The predicted octanol–water partition coefficient (Wildman–Crippen LogP) is 1.63. The zero-order valence-electron chi connectivity index (χ0n) is 18.8. The molecule has 1 aromatic carbocycles. The highest BCUT2D eigenvalue weighted by Gasteiger charge is 2.27. The Kier molecular flexibility index (Phi) is 6.94. The minimum atomic E-state index is -0.0621. The first kappa shape index (κ1) is 22.4. The van der Waals surface area contributed by atoms with Crippen molar-refractivity contribution in [3.8, 4) is 11.7 Å². The van der Waals surface area contributed by atoms with Crippen LogP contribution in [0.3, 0.4) is 0 Å². The molecule has 3 aromatic rings. The largest absolute Gasteiger partial charge is 0.480 e. The fraction of sp³-hybridized carbons (Fsp3) is 0.348. The van der Waals surface area contributed by atoms with Crippen LogP contribution < -0.4 is 10.1 Å². The first-order valence-electron chi connectivity index (χ1n) is 10.9. The van der Waals surface area contributed by atoms with E-state index < -0.39 is 0 Å². The van der Waals surface area contributed by atoms with Crippen molar-refractivity contribution in [3.63, 3.8) is 0 Å². The van der Waals surface area contributed by atoms with Crippen LogP contribution in [0.15, 0.2) is 48.7 Å². The van der Waals surface area contributed by atoms with E-state index in [2.05, 4.69) is 25.5 Å². The average Bonchev–Trinajstić information content (AvgIpc) is 3.29. The molecule has 172 valence electrons. The molecule has 4 rings (SSSR count). The lowest BCUT2D eigenvalue weighted by atomic mass is 10.1. The molecular formula is C23H27N7O3. The van der Waals surface area contributed by atoms with E-state index in [-0.39, 0.29) is 11.8 Å². The summed E-state index contributed by atoms with van der Waals surface area (Å²) in [5.41, 5.74) is 2.12. The number of methoxy groups -OCH3 is 1. The van der Waals surface area contributed by atoms with Crippen molar-refractivity contribution in [1.82, 2.24) is 29.8 Å². The second kappa shape index (κ2) is 10.2. The topological polar surface area (TPSA) is 105 Å². The van der Waals surface area contributed by atoms with Gasteiger partial charge in [0.15, 0.2) is 5.82 Å². The zero-order valence-corrected chi connectivity index (χ0v) is 18.8. The summed E-state index contributed by atoms with van der Waals surface area (Å²) in [7, 11) is 1.53. The Morgan fingerprint density at radius 3 is 2.42 bits per heavy atom. The number of hydrogen-bond acceptors (Lipinski definition) is 7. The van der Waals surface area contributed by atoms with Crippen LogP contribution in [0.5, 0.6) is 5.88 Å². The lowest BCUT2D eigenvalue weighted by Gasteiger charge is -2.34. The minimum Gasteiger partial charge on any atom is -0.480 e. The molecule has 3 heterocycles. The number of hydrogen-bond donors (Lipinski definition) is 1. The lowest BCUT2D eigenvalue weighted by Crippen LogP contribution is -2.50. The zero-order chi connectivity index (χ0) is 23.2. The quantitative estimate of drug-likeness (QED) is 0.584. The number of piperazine rings is 1. The van der Waals surface area contributed by atoms with Crippen molar-refractivity contribution < 1.29 is 14.3 Å². The summed E-state index contributed by atoms with van der Waals surface area (Å²) >= 11 is 0. The summed E-state index contributed by atoms with van der Waals surface area (Å²) in [5.74, 6) is 0.820. The van der Waals surface area contributed by atoms with E-state index >= 15 is 0 Å². The highest BCUT2D eigenvalue weighted by atomic mass is 16.5. The van der Waals surface area contributed by atoms with Gasteiger partial charge in [0.2, 0.25) is 11.8 Å². The number of para-hydroxylation sites is 1. The summed E-state index contributed by atoms with van der Waals surface area (Å²) in [6, 6.07) is 12.9. The van der Waals surface area contributed by atoms with Crippen LogP contribution in [0.2, 0.25) is 0 Å². The van der Waals surface area contributed by atoms with Crippen LogP contribution in [0, 0.1) is 0 Å². The van der Waals surface area contributed by atoms with Gasteiger partial charge in [-0.15, -0.1) is 10.2 Å². The van der Waals surface area contributed by atoms with E-state index in [9.17, 15) is 9.59 Å². The number of amides is 2. The molecular weight excluding hydrogens is 422 g/mol. The first-order valence-corrected chi connectivity index (χ1v) is 10.9. The van der Waals surface area contributed by atoms with Crippen molar-refractivity contribution >= 4 is 17.5 Å². The number of rotatable bonds is 7. The molecule has 0 radical (unpaired) electrons. The average molecular weight is 450 g/mol. The van der Waals surface area contributed by atoms with Crippen molar-refractivity contribution in [2.45, 2.75) is 13.3 Å². The number of nitrogens with one attached hydrogen (secondary N) is 1. The number of carbonyl (C=O) groups is 2. The SMILES string of the molecule is CCc1c(C(=O)N2CCN(CC(=O)Nc3ccccc3)CC2)cnn1-c1ccc(OC)nn1. The Bertz CT molecular complexity index is 1090. The molecule has 0 atom stereocenters. The van der Waals surface area contributed by atoms with Gasteiger partial charge in [0.05, 0.1) is 31.1 Å². The van der Waals surface area contributed by atoms with E-state index in [1.807, 2.05) is 42.2 Å². The third-order valence-corrected chi connectivity index (χ3v) is 5.57. The van der Waals surface area contributed by atoms with Crippen LogP contribution in [0.25, 0.3) is 5.82 Å². The molecule has 10 heteroatoms. The maximum atomic E-state index is 13.2. The fourth-order valence-corrected chi connectivity index (χ4v) is 3.83. The summed E-state index contributed by atoms with van der Waals surface area (Å²) in [6.45, 7) is 4.64. The Morgan fingerprint density at radius 2 is 1.79 bits per heavy atom. The van der Waals surface area contributed by atoms with E-state index in [1.54, 1.807) is 23.0 Å². The van der Waals surface area contributed by atoms with Crippen molar-refractivity contribution in [1.29, 1.82) is 0 Å². The van der Waals surface area contributed by atoms with E-state index in [4.69, 9.17) is 4.74 Å². The van der Waals surface area contributed by atoms with Gasteiger partial charge >= 0.3 is 0 Å². The van der Waals surface area contributed by atoms with Gasteiger partial charge in [0.1, 0.15) is 0 Å². The fourth-order valence-electron chi connectivity index (χ4n) is 3.83. The molecule has 1 aliphatic heterocycles. The third kappa shape index (κ3) is 5.17. The molecule has 0 unspecified atom stereocenters. The molecule has 10 nitrogen and oxygen atoms in total. The highest BCUT2D eigenvalue weighted by Crippen LogP contribution is 2.18. The summed E-state index contributed by atoms with van der Waals surface area (Å²) in [5, 5.41) is 15.4. The smallest absolute Gasteiger partial charge is 0.257 e. The van der Waals surface area contributed by atoms with Crippen LogP contribution in [-0.4, -0.2) is 81.4 Å². The maximum absolute atomic E-state index is 13.2. The lowest BCUT2D eigenvalue weighted by molar-refractivity contribution is -0.117. The van der Waals surface area contributed by atoms with Gasteiger partial charge in [-0.2, -0.15) is 5.10 Å². The van der Waals surface area contributed by atoms with Crippen molar-refractivity contribution in [2.24, 2.45) is 0 Å². The van der Waals surface area contributed by atoms with Crippen LogP contribution in [-0.2, 0) is 11.2 Å². The van der Waals surface area contributed by atoms with Gasteiger partial charge in [0, 0.05) is 37.9 Å². The molecule has 1 fully saturated rings. The van der Waals surface area contributed by atoms with Gasteiger partial charge < -0.3 is 15.0 Å². The Labute approximate surface area is 192 Å². The van der Waals surface area contributed by atoms with Gasteiger partial charge in [0.25, 0.3) is 5.91 Å². The van der Waals surface area contributed by atoms with Crippen molar-refractivity contribution in [3.05, 3.63) is 59.9 Å². The Balaban J connectivity index is 1.36. The summed E-state index contributed by atoms with van der Waals surface area (Å²) in [4.78, 5) is 29.4. The Morgan fingerprint density at radius 1 is 1.03 bits per heavy atom. The van der Waals surface area contributed by atoms with Crippen LogP contribution >= 0.6 is 0 Å². The second-order valence-electron chi connectivity index (χ2n) is 7.69. The number of ether oxygens (including phenoxy) is 1. The predicted molar refractivity (Wildman–Crippen MR) is 122 cm³/mol. The van der Waals surface area contributed by atoms with Gasteiger partial charge in [-0.05, 0) is 24.6 Å². The van der Waals surface area contributed by atoms with Crippen LogP contribution in [0.1, 0.15) is 23.0 Å². The molecule has 0 saturated carbocycles. The first-order chi connectivity index (χ1) is 16.1. The molecule has 0 bridgehead atoms. The van der Waals surface area contributed by atoms with E-state index in [0.29, 0.717) is 56.4 Å². The van der Waals surface area contributed by atoms with Crippen molar-refractivity contribution in [2.75, 3.05) is 45.2 Å². The standard InChI is InChI=1S/C23H27N7O3/c1-3-19-18(15-24-30(19)20-9-10-22(33-2)27-26-20)23(32)29-13-11-28(12-14-29)16-21(31)25-17-7-5-4-6-8-17/h4-10,15H,3,11-14,16H2,1-2H3,(H,25,31). The number of carbonyl (C=O) groups excluding carboxylic acids is 2. The highest BCUT2D eigenvalue weighted by molar-refractivity contribution is 5.95. The number of benzene rings is 1. The molecule has 1 N–H and O–H groups in total. The maximum Gasteiger partial charge on any atom is 0.257 e. The van der Waals surface area contributed by atoms with E-state index in [0.717, 1.165) is 11.4 Å². The molecule has 1 aliphatic rings. The van der Waals surface area contributed by atoms with E-state index in [1.165, 1.54) is 7.11 Å².